The summed E-state index contributed by atoms with van der Waals surface area (Å²) in [7, 11) is 0. The van der Waals surface area contributed by atoms with E-state index in [-0.39, 0.29) is 18.0 Å². The standard InChI is InChI=1S/C9H12O3.C4H6O2/c1-6-2-3-8(6)9(10)12-5-7-4-11-7;1-3-6-4(2)5/h7H,2-5H2,1H3;3H,1H2,2H3. The van der Waals surface area contributed by atoms with Crippen molar-refractivity contribution < 1.29 is 23.8 Å². The summed E-state index contributed by atoms with van der Waals surface area (Å²) in [6, 6.07) is 0. The lowest BCUT2D eigenvalue weighted by atomic mass is 9.90. The highest BCUT2D eigenvalue weighted by atomic mass is 16.6. The summed E-state index contributed by atoms with van der Waals surface area (Å²) in [5, 5.41) is 0. The van der Waals surface area contributed by atoms with Crippen LogP contribution in [0.2, 0.25) is 0 Å². The van der Waals surface area contributed by atoms with E-state index >= 15 is 0 Å². The number of hydrogen-bond acceptors (Lipinski definition) is 5. The van der Waals surface area contributed by atoms with Crippen molar-refractivity contribution >= 4 is 11.9 Å². The van der Waals surface area contributed by atoms with Gasteiger partial charge in [0.15, 0.2) is 0 Å². The Bertz CT molecular complexity index is 366. The predicted octanol–water partition coefficient (Wildman–Crippen LogP) is 1.73. The van der Waals surface area contributed by atoms with E-state index in [2.05, 4.69) is 11.3 Å². The summed E-state index contributed by atoms with van der Waals surface area (Å²) in [4.78, 5) is 21.0. The molecule has 0 aromatic rings. The Morgan fingerprint density at radius 3 is 2.44 bits per heavy atom. The SMILES string of the molecule is C=COC(C)=O.CC1=C(C(=O)OCC2CO2)CC1. The van der Waals surface area contributed by atoms with Crippen LogP contribution in [0.5, 0.6) is 0 Å². The van der Waals surface area contributed by atoms with Crippen LogP contribution >= 0.6 is 0 Å². The topological polar surface area (TPSA) is 65.1 Å². The van der Waals surface area contributed by atoms with Crippen molar-refractivity contribution in [2.24, 2.45) is 0 Å². The molecular weight excluding hydrogens is 236 g/mol. The van der Waals surface area contributed by atoms with Gasteiger partial charge in [-0.05, 0) is 19.8 Å². The summed E-state index contributed by atoms with van der Waals surface area (Å²) < 4.78 is 14.1. The van der Waals surface area contributed by atoms with Gasteiger partial charge in [-0.25, -0.2) is 4.79 Å². The fourth-order valence-corrected chi connectivity index (χ4v) is 1.31. The molecule has 0 bridgehead atoms. The first-order valence-electron chi connectivity index (χ1n) is 5.80. The number of hydrogen-bond donors (Lipinski definition) is 0. The molecule has 1 fully saturated rings. The third kappa shape index (κ3) is 5.14. The molecule has 0 aromatic heterocycles. The summed E-state index contributed by atoms with van der Waals surface area (Å²) in [5.74, 6) is -0.473. The number of esters is 2. The van der Waals surface area contributed by atoms with E-state index in [1.165, 1.54) is 12.5 Å². The van der Waals surface area contributed by atoms with E-state index in [0.29, 0.717) is 6.61 Å². The molecule has 0 N–H and O–H groups in total. The number of allylic oxidation sites excluding steroid dienone is 1. The molecule has 1 aliphatic carbocycles. The van der Waals surface area contributed by atoms with Crippen LogP contribution in [0.4, 0.5) is 0 Å². The lowest BCUT2D eigenvalue weighted by Crippen LogP contribution is -2.17. The Morgan fingerprint density at radius 1 is 1.50 bits per heavy atom. The average molecular weight is 254 g/mol. The smallest absolute Gasteiger partial charge is 0.334 e. The molecule has 100 valence electrons. The van der Waals surface area contributed by atoms with Crippen molar-refractivity contribution in [3.63, 3.8) is 0 Å². The van der Waals surface area contributed by atoms with E-state index in [9.17, 15) is 9.59 Å². The van der Waals surface area contributed by atoms with E-state index in [1.807, 2.05) is 6.92 Å². The molecule has 1 saturated heterocycles. The Morgan fingerprint density at radius 2 is 2.17 bits per heavy atom. The highest BCUT2D eigenvalue weighted by Crippen LogP contribution is 2.28. The monoisotopic (exact) mass is 254 g/mol. The lowest BCUT2D eigenvalue weighted by molar-refractivity contribution is -0.140. The molecule has 18 heavy (non-hydrogen) atoms. The molecule has 1 heterocycles. The second-order valence-electron chi connectivity index (χ2n) is 4.09. The molecule has 1 aliphatic heterocycles. The van der Waals surface area contributed by atoms with Gasteiger partial charge in [-0.1, -0.05) is 12.2 Å². The highest BCUT2D eigenvalue weighted by molar-refractivity contribution is 5.91. The maximum Gasteiger partial charge on any atom is 0.334 e. The van der Waals surface area contributed by atoms with Crippen molar-refractivity contribution in [3.05, 3.63) is 24.0 Å². The first kappa shape index (κ1) is 14.4. The van der Waals surface area contributed by atoms with E-state index < -0.39 is 0 Å². The minimum absolute atomic E-state index is 0.144. The second kappa shape index (κ2) is 6.96. The molecule has 5 heteroatoms. The molecule has 2 rings (SSSR count). The van der Waals surface area contributed by atoms with Gasteiger partial charge < -0.3 is 14.2 Å². The van der Waals surface area contributed by atoms with Crippen molar-refractivity contribution in [1.82, 2.24) is 0 Å². The van der Waals surface area contributed by atoms with Gasteiger partial charge in [-0.2, -0.15) is 0 Å². The van der Waals surface area contributed by atoms with Gasteiger partial charge in [0.2, 0.25) is 0 Å². The quantitative estimate of drug-likeness (QED) is 0.434. The second-order valence-corrected chi connectivity index (χ2v) is 4.09. The summed E-state index contributed by atoms with van der Waals surface area (Å²) >= 11 is 0. The molecule has 0 saturated carbocycles. The van der Waals surface area contributed by atoms with Crippen LogP contribution in [0.25, 0.3) is 0 Å². The predicted molar refractivity (Wildman–Crippen MR) is 64.6 cm³/mol. The summed E-state index contributed by atoms with van der Waals surface area (Å²) in [6.07, 6.45) is 3.21. The maximum absolute atomic E-state index is 11.2. The van der Waals surface area contributed by atoms with Crippen LogP contribution in [0, 0.1) is 0 Å². The van der Waals surface area contributed by atoms with Crippen LogP contribution in [0.15, 0.2) is 24.0 Å². The molecule has 0 spiro atoms. The largest absolute Gasteiger partial charge is 0.459 e. The molecule has 0 radical (unpaired) electrons. The zero-order valence-electron chi connectivity index (χ0n) is 10.7. The molecule has 0 amide bonds. The number of epoxide rings is 1. The van der Waals surface area contributed by atoms with Crippen LogP contribution in [-0.4, -0.2) is 31.3 Å². The lowest BCUT2D eigenvalue weighted by Gasteiger charge is -2.18. The van der Waals surface area contributed by atoms with Crippen LogP contribution in [-0.2, 0) is 23.8 Å². The molecule has 2 aliphatic rings. The summed E-state index contributed by atoms with van der Waals surface area (Å²) in [6.45, 7) is 7.63. The van der Waals surface area contributed by atoms with E-state index in [4.69, 9.17) is 9.47 Å². The van der Waals surface area contributed by atoms with Crippen molar-refractivity contribution in [3.8, 4) is 0 Å². The minimum Gasteiger partial charge on any atom is -0.459 e. The summed E-state index contributed by atoms with van der Waals surface area (Å²) in [5.41, 5.74) is 2.05. The van der Waals surface area contributed by atoms with E-state index in [1.54, 1.807) is 0 Å². The first-order valence-corrected chi connectivity index (χ1v) is 5.80. The van der Waals surface area contributed by atoms with Crippen LogP contribution in [0.1, 0.15) is 26.7 Å². The normalized spacial score (nSPS) is 20.0. The number of carbonyl (C=O) groups excluding carboxylic acids is 2. The Kier molecular flexibility index (Phi) is 5.58. The first-order chi connectivity index (χ1) is 8.54. The number of ether oxygens (including phenoxy) is 3. The van der Waals surface area contributed by atoms with Crippen molar-refractivity contribution in [2.75, 3.05) is 13.2 Å². The van der Waals surface area contributed by atoms with Crippen LogP contribution in [0.3, 0.4) is 0 Å². The fraction of sp³-hybridized carbons (Fsp3) is 0.538. The minimum atomic E-state index is -0.329. The third-order valence-electron chi connectivity index (χ3n) is 2.56. The third-order valence-corrected chi connectivity index (χ3v) is 2.56. The van der Waals surface area contributed by atoms with Gasteiger partial charge in [-0.15, -0.1) is 0 Å². The van der Waals surface area contributed by atoms with Gasteiger partial charge in [0, 0.05) is 12.5 Å². The average Bonchev–Trinajstić information content (AvgIpc) is 3.09. The zero-order chi connectivity index (χ0) is 13.5. The number of carbonyl (C=O) groups is 2. The Hall–Kier alpha value is -1.62. The van der Waals surface area contributed by atoms with Gasteiger partial charge >= 0.3 is 11.9 Å². The fourth-order valence-electron chi connectivity index (χ4n) is 1.31. The van der Waals surface area contributed by atoms with Crippen molar-refractivity contribution in [2.45, 2.75) is 32.8 Å². The molecule has 1 atom stereocenters. The molecule has 0 aromatic carbocycles. The van der Waals surface area contributed by atoms with Gasteiger partial charge in [0.1, 0.15) is 12.7 Å². The van der Waals surface area contributed by atoms with Gasteiger partial charge in [0.05, 0.1) is 12.9 Å². The Balaban J connectivity index is 0.000000232. The Labute approximate surface area is 106 Å². The zero-order valence-corrected chi connectivity index (χ0v) is 10.7. The molecule has 5 nitrogen and oxygen atoms in total. The number of rotatable bonds is 4. The van der Waals surface area contributed by atoms with Crippen LogP contribution < -0.4 is 0 Å². The molecule has 1 unspecified atom stereocenters. The maximum atomic E-state index is 11.2. The molecular formula is C13H18O5. The van der Waals surface area contributed by atoms with Crippen molar-refractivity contribution in [1.29, 1.82) is 0 Å². The highest BCUT2D eigenvalue weighted by Gasteiger charge is 2.27. The van der Waals surface area contributed by atoms with Gasteiger partial charge in [0.25, 0.3) is 0 Å². The van der Waals surface area contributed by atoms with Gasteiger partial charge in [-0.3, -0.25) is 4.79 Å². The van der Waals surface area contributed by atoms with E-state index in [0.717, 1.165) is 31.3 Å².